The average Bonchev–Trinajstić information content (AvgIpc) is 3.31. The number of amides is 2. The Morgan fingerprint density at radius 3 is 2.75 bits per heavy atom. The fourth-order valence-electron chi connectivity index (χ4n) is 3.28. The van der Waals surface area contributed by atoms with Crippen molar-refractivity contribution in [3.63, 3.8) is 0 Å². The van der Waals surface area contributed by atoms with E-state index in [-0.39, 0.29) is 23.3 Å². The molecule has 0 spiro atoms. The summed E-state index contributed by atoms with van der Waals surface area (Å²) in [4.78, 5) is 59.5. The number of fused-ring (bicyclic) bond motifs is 1. The van der Waals surface area contributed by atoms with Crippen LogP contribution in [0.25, 0.3) is 0 Å². The quantitative estimate of drug-likeness (QED) is 0.175. The molecular formula is C21H20N6O7S2. The Balaban J connectivity index is 1.43. The van der Waals surface area contributed by atoms with Crippen LogP contribution in [0.4, 0.5) is 5.13 Å². The molecule has 2 aromatic rings. The third-order valence-electron chi connectivity index (χ3n) is 5.08. The summed E-state index contributed by atoms with van der Waals surface area (Å²) in [7, 11) is 0. The number of benzene rings is 1. The first-order valence-electron chi connectivity index (χ1n) is 10.5. The fourth-order valence-corrected chi connectivity index (χ4v) is 4.91. The number of anilines is 1. The third-order valence-corrected chi connectivity index (χ3v) is 6.80. The van der Waals surface area contributed by atoms with Crippen molar-refractivity contribution in [2.45, 2.75) is 31.1 Å². The molecule has 1 saturated heterocycles. The van der Waals surface area contributed by atoms with Crippen molar-refractivity contribution in [1.29, 1.82) is 0 Å². The zero-order valence-electron chi connectivity index (χ0n) is 18.7. The monoisotopic (exact) mass is 532 g/mol. The zero-order chi connectivity index (χ0) is 25.8. The van der Waals surface area contributed by atoms with Gasteiger partial charge in [0.2, 0.25) is 17.6 Å². The predicted molar refractivity (Wildman–Crippen MR) is 128 cm³/mol. The number of hydrogen-bond acceptors (Lipinski definition) is 12. The van der Waals surface area contributed by atoms with E-state index in [2.05, 4.69) is 19.8 Å². The van der Waals surface area contributed by atoms with Crippen molar-refractivity contribution in [1.82, 2.24) is 19.6 Å². The molecule has 4 rings (SSSR count). The number of rotatable bonds is 9. The standard InChI is InChI=1S/C21H20N6O7S2/c1-10(20(32)33-9-11-5-3-2-4-6-11)34-25-13(15-24-21(22)36-26-15)16(28)23-14-17(29)27-12(19(30)31)7-8-35-18(14)27/h2-7,10,14,18H,8-9H2,1H3,(H,23,28)(H,30,31)(H2,22,24,26)/b25-13+/t10?,14?,18-/m1/s1. The minimum Gasteiger partial charge on any atom is -0.477 e. The lowest BCUT2D eigenvalue weighted by Crippen LogP contribution is -2.70. The first-order chi connectivity index (χ1) is 17.3. The van der Waals surface area contributed by atoms with Crippen molar-refractivity contribution in [2.75, 3.05) is 11.5 Å². The lowest BCUT2D eigenvalue weighted by atomic mass is 10.0. The highest BCUT2D eigenvalue weighted by atomic mass is 32.2. The molecule has 0 saturated carbocycles. The van der Waals surface area contributed by atoms with Crippen molar-refractivity contribution in [3.05, 3.63) is 53.5 Å². The molecule has 4 N–H and O–H groups in total. The highest BCUT2D eigenvalue weighted by molar-refractivity contribution is 8.00. The molecule has 1 aromatic heterocycles. The average molecular weight is 533 g/mol. The maximum Gasteiger partial charge on any atom is 0.352 e. The van der Waals surface area contributed by atoms with E-state index in [1.807, 2.05) is 18.2 Å². The lowest BCUT2D eigenvalue weighted by molar-refractivity contribution is -0.157. The van der Waals surface area contributed by atoms with E-state index in [0.29, 0.717) is 5.75 Å². The van der Waals surface area contributed by atoms with Crippen molar-refractivity contribution in [3.8, 4) is 0 Å². The number of hydrogen-bond donors (Lipinski definition) is 3. The van der Waals surface area contributed by atoms with Crippen LogP contribution in [0.2, 0.25) is 0 Å². The van der Waals surface area contributed by atoms with Gasteiger partial charge >= 0.3 is 11.9 Å². The molecule has 1 aromatic carbocycles. The molecular weight excluding hydrogens is 512 g/mol. The first-order valence-corrected chi connectivity index (χ1v) is 12.3. The van der Waals surface area contributed by atoms with Crippen LogP contribution in [0.5, 0.6) is 0 Å². The molecule has 0 aliphatic carbocycles. The van der Waals surface area contributed by atoms with Crippen LogP contribution in [0, 0.1) is 0 Å². The number of esters is 1. The molecule has 15 heteroatoms. The SMILES string of the molecule is CC(O/N=C(/C(=O)NC1C(=O)N2C(C(=O)O)=CCS[C@H]12)c1nsc(N)n1)C(=O)OCc1ccccc1. The Hall–Kier alpha value is -3.98. The van der Waals surface area contributed by atoms with Crippen molar-refractivity contribution in [2.24, 2.45) is 5.16 Å². The normalized spacial score (nSPS) is 19.9. The van der Waals surface area contributed by atoms with Gasteiger partial charge in [-0.2, -0.15) is 9.36 Å². The number of aromatic nitrogens is 2. The number of aliphatic carboxylic acids is 1. The molecule has 0 bridgehead atoms. The van der Waals surface area contributed by atoms with Gasteiger partial charge in [-0.3, -0.25) is 14.5 Å². The summed E-state index contributed by atoms with van der Waals surface area (Å²) in [6.07, 6.45) is 0.255. The van der Waals surface area contributed by atoms with E-state index in [0.717, 1.165) is 22.0 Å². The van der Waals surface area contributed by atoms with Crippen LogP contribution in [0.3, 0.4) is 0 Å². The van der Waals surface area contributed by atoms with Gasteiger partial charge in [0.25, 0.3) is 11.8 Å². The third kappa shape index (κ3) is 5.31. The summed E-state index contributed by atoms with van der Waals surface area (Å²) in [5.41, 5.74) is 5.86. The number of nitrogens with one attached hydrogen (secondary N) is 1. The Kier molecular flexibility index (Phi) is 7.49. The molecule has 2 amide bonds. The molecule has 3 heterocycles. The van der Waals surface area contributed by atoms with Gasteiger partial charge in [0.1, 0.15) is 23.7 Å². The molecule has 1 fully saturated rings. The predicted octanol–water partition coefficient (Wildman–Crippen LogP) is 0.341. The van der Waals surface area contributed by atoms with Crippen LogP contribution in [0.1, 0.15) is 18.3 Å². The number of thioether (sulfide) groups is 1. The van der Waals surface area contributed by atoms with Gasteiger partial charge in [-0.1, -0.05) is 35.5 Å². The van der Waals surface area contributed by atoms with E-state index < -0.39 is 47.0 Å². The van der Waals surface area contributed by atoms with Gasteiger partial charge in [-0.15, -0.1) is 11.8 Å². The molecule has 188 valence electrons. The number of carboxylic acid groups (broad SMARTS) is 1. The number of nitrogen functional groups attached to an aromatic ring is 1. The second-order valence-electron chi connectivity index (χ2n) is 7.51. The maximum atomic E-state index is 13.0. The number of carboxylic acids is 1. The minimum absolute atomic E-state index is 0.0285. The second-order valence-corrected chi connectivity index (χ2v) is 9.45. The summed E-state index contributed by atoms with van der Waals surface area (Å²) in [5, 5.41) is 15.0. The van der Waals surface area contributed by atoms with E-state index in [1.54, 1.807) is 12.1 Å². The highest BCUT2D eigenvalue weighted by Crippen LogP contribution is 2.37. The van der Waals surface area contributed by atoms with Crippen LogP contribution < -0.4 is 11.1 Å². The molecule has 13 nitrogen and oxygen atoms in total. The number of carbonyl (C=O) groups is 4. The van der Waals surface area contributed by atoms with Crippen LogP contribution in [-0.2, 0) is 35.4 Å². The van der Waals surface area contributed by atoms with Gasteiger partial charge in [-0.25, -0.2) is 9.59 Å². The van der Waals surface area contributed by atoms with Crippen molar-refractivity contribution >= 4 is 57.9 Å². The molecule has 36 heavy (non-hydrogen) atoms. The van der Waals surface area contributed by atoms with E-state index in [9.17, 15) is 24.3 Å². The lowest BCUT2D eigenvalue weighted by Gasteiger charge is -2.48. The molecule has 2 aliphatic rings. The van der Waals surface area contributed by atoms with Crippen molar-refractivity contribution < 1.29 is 33.9 Å². The number of nitrogens with two attached hydrogens (primary N) is 1. The van der Waals surface area contributed by atoms with Gasteiger partial charge < -0.3 is 25.7 Å². The summed E-state index contributed by atoms with van der Waals surface area (Å²) in [6, 6.07) is 8.03. The largest absolute Gasteiger partial charge is 0.477 e. The number of nitrogens with zero attached hydrogens (tertiary/aromatic N) is 4. The van der Waals surface area contributed by atoms with Crippen LogP contribution in [0.15, 0.2) is 47.3 Å². The summed E-state index contributed by atoms with van der Waals surface area (Å²) < 4.78 is 9.15. The van der Waals surface area contributed by atoms with Crippen LogP contribution >= 0.6 is 23.3 Å². The van der Waals surface area contributed by atoms with E-state index in [4.69, 9.17) is 15.3 Å². The van der Waals surface area contributed by atoms with Gasteiger partial charge in [-0.05, 0) is 18.6 Å². The maximum absolute atomic E-state index is 13.0. The Bertz CT molecular complexity index is 1250. The number of carbonyl (C=O) groups excluding carboxylic acids is 3. The van der Waals surface area contributed by atoms with Gasteiger partial charge in [0.15, 0.2) is 5.13 Å². The van der Waals surface area contributed by atoms with E-state index >= 15 is 0 Å². The van der Waals surface area contributed by atoms with E-state index in [1.165, 1.54) is 24.8 Å². The van der Waals surface area contributed by atoms with Gasteiger partial charge in [0, 0.05) is 17.3 Å². The van der Waals surface area contributed by atoms with Gasteiger partial charge in [0.05, 0.1) is 0 Å². The number of oxime groups is 1. The molecule has 2 unspecified atom stereocenters. The Morgan fingerprint density at radius 2 is 2.08 bits per heavy atom. The van der Waals surface area contributed by atoms with Crippen LogP contribution in [-0.4, -0.2) is 72.1 Å². The topological polar surface area (TPSA) is 186 Å². The first kappa shape index (κ1) is 25.1. The molecule has 3 atom stereocenters. The zero-order valence-corrected chi connectivity index (χ0v) is 20.3. The minimum atomic E-state index is -1.23. The highest BCUT2D eigenvalue weighted by Gasteiger charge is 2.53. The Labute approximate surface area is 212 Å². The smallest absolute Gasteiger partial charge is 0.352 e. The second kappa shape index (κ2) is 10.7. The molecule has 2 aliphatic heterocycles. The summed E-state index contributed by atoms with van der Waals surface area (Å²) >= 11 is 2.11. The number of ether oxygens (including phenoxy) is 1. The Morgan fingerprint density at radius 1 is 1.33 bits per heavy atom. The fraction of sp³-hybridized carbons (Fsp3) is 0.286. The molecule has 0 radical (unpaired) electrons. The summed E-state index contributed by atoms with van der Waals surface area (Å²) in [5.74, 6) is -3.19. The number of β-lactam (4-membered cyclic amide) rings is 1. The summed E-state index contributed by atoms with van der Waals surface area (Å²) in [6.45, 7) is 1.42.